The van der Waals surface area contributed by atoms with Gasteiger partial charge in [0.1, 0.15) is 9.20 Å². The molecule has 0 aliphatic carbocycles. The van der Waals surface area contributed by atoms with Crippen LogP contribution in [0.15, 0.2) is 39.0 Å². The maximum absolute atomic E-state index is 12.4. The monoisotopic (exact) mass is 404 g/mol. The Labute approximate surface area is 141 Å². The average Bonchev–Trinajstić information content (AvgIpc) is 2.90. The van der Waals surface area contributed by atoms with E-state index < -0.39 is 10.0 Å². The fourth-order valence-electron chi connectivity index (χ4n) is 1.70. The van der Waals surface area contributed by atoms with Crippen molar-refractivity contribution < 1.29 is 8.42 Å². The number of benzene rings is 1. The van der Waals surface area contributed by atoms with E-state index in [1.807, 2.05) is 13.0 Å². The minimum Gasteiger partial charge on any atom is -0.389 e. The molecule has 2 aromatic rings. The Bertz CT molecular complexity index is 784. The summed E-state index contributed by atoms with van der Waals surface area (Å²) in [4.78, 5) is 1.15. The Morgan fingerprint density at radius 2 is 2.10 bits per heavy atom. The summed E-state index contributed by atoms with van der Waals surface area (Å²) in [5.41, 5.74) is 6.50. The van der Waals surface area contributed by atoms with E-state index in [4.69, 9.17) is 18.0 Å². The molecule has 0 radical (unpaired) electrons. The van der Waals surface area contributed by atoms with Crippen molar-refractivity contribution in [3.8, 4) is 0 Å². The van der Waals surface area contributed by atoms with Crippen molar-refractivity contribution in [3.05, 3.63) is 45.2 Å². The number of sulfonamides is 1. The fourth-order valence-corrected chi connectivity index (χ4v) is 4.60. The van der Waals surface area contributed by atoms with Crippen molar-refractivity contribution in [2.45, 2.75) is 17.6 Å². The second-order valence-electron chi connectivity index (χ2n) is 4.23. The van der Waals surface area contributed by atoms with E-state index in [9.17, 15) is 8.42 Å². The van der Waals surface area contributed by atoms with Crippen LogP contribution < -0.4 is 10.5 Å². The van der Waals surface area contributed by atoms with Crippen LogP contribution in [0.2, 0.25) is 0 Å². The number of halogens is 1. The van der Waals surface area contributed by atoms with E-state index in [1.54, 1.807) is 24.3 Å². The quantitative estimate of drug-likeness (QED) is 0.747. The highest BCUT2D eigenvalue weighted by Crippen LogP contribution is 2.27. The summed E-state index contributed by atoms with van der Waals surface area (Å²) in [5.74, 6) is 0. The Balaban J connectivity index is 2.39. The SMILES string of the molecule is CCc1ccc(S(=O)(=O)Nc2ccc(Br)cc2C(N)=S)s1. The summed E-state index contributed by atoms with van der Waals surface area (Å²) < 4.78 is 28.4. The third-order valence-corrected chi connectivity index (χ3v) is 6.54. The number of thiocarbonyl (C=S) groups is 1. The van der Waals surface area contributed by atoms with Gasteiger partial charge in [0.2, 0.25) is 0 Å². The van der Waals surface area contributed by atoms with E-state index in [0.717, 1.165) is 15.8 Å². The minimum atomic E-state index is -3.63. The molecule has 4 nitrogen and oxygen atoms in total. The van der Waals surface area contributed by atoms with Gasteiger partial charge in [-0.25, -0.2) is 8.42 Å². The van der Waals surface area contributed by atoms with E-state index in [0.29, 0.717) is 11.3 Å². The highest BCUT2D eigenvalue weighted by atomic mass is 79.9. The molecule has 0 bridgehead atoms. The van der Waals surface area contributed by atoms with Gasteiger partial charge < -0.3 is 5.73 Å². The highest BCUT2D eigenvalue weighted by molar-refractivity contribution is 9.10. The van der Waals surface area contributed by atoms with E-state index in [2.05, 4.69) is 20.7 Å². The third kappa shape index (κ3) is 3.82. The van der Waals surface area contributed by atoms with Gasteiger partial charge >= 0.3 is 0 Å². The first-order valence-corrected chi connectivity index (χ1v) is 9.54. The van der Waals surface area contributed by atoms with Crippen LogP contribution in [0.5, 0.6) is 0 Å². The van der Waals surface area contributed by atoms with Crippen LogP contribution in [0.1, 0.15) is 17.4 Å². The molecule has 0 saturated heterocycles. The summed E-state index contributed by atoms with van der Waals surface area (Å²) in [6, 6.07) is 8.46. The van der Waals surface area contributed by atoms with Gasteiger partial charge in [0.15, 0.2) is 0 Å². The lowest BCUT2D eigenvalue weighted by atomic mass is 10.2. The molecule has 112 valence electrons. The van der Waals surface area contributed by atoms with E-state index in [1.165, 1.54) is 11.3 Å². The van der Waals surface area contributed by atoms with Gasteiger partial charge in [-0.1, -0.05) is 35.1 Å². The number of hydrogen-bond donors (Lipinski definition) is 2. The molecule has 1 aromatic heterocycles. The summed E-state index contributed by atoms with van der Waals surface area (Å²) in [7, 11) is -3.63. The summed E-state index contributed by atoms with van der Waals surface area (Å²) in [5, 5.41) is 0. The number of thiophene rings is 1. The first-order valence-electron chi connectivity index (χ1n) is 6.04. The van der Waals surface area contributed by atoms with Gasteiger partial charge in [0.05, 0.1) is 5.69 Å². The zero-order valence-electron chi connectivity index (χ0n) is 11.1. The molecule has 0 aliphatic rings. The van der Waals surface area contributed by atoms with Gasteiger partial charge in [0, 0.05) is 14.9 Å². The fraction of sp³-hybridized carbons (Fsp3) is 0.154. The maximum Gasteiger partial charge on any atom is 0.271 e. The number of hydrogen-bond acceptors (Lipinski definition) is 4. The lowest BCUT2D eigenvalue weighted by Crippen LogP contribution is -2.17. The second-order valence-corrected chi connectivity index (χ2v) is 8.67. The van der Waals surface area contributed by atoms with Gasteiger partial charge in [0.25, 0.3) is 10.0 Å². The molecule has 21 heavy (non-hydrogen) atoms. The van der Waals surface area contributed by atoms with Crippen molar-refractivity contribution in [1.29, 1.82) is 0 Å². The van der Waals surface area contributed by atoms with Gasteiger partial charge in [-0.15, -0.1) is 11.3 Å². The zero-order valence-corrected chi connectivity index (χ0v) is 15.1. The Morgan fingerprint density at radius 1 is 1.38 bits per heavy atom. The van der Waals surface area contributed by atoms with Crippen LogP contribution in [0.4, 0.5) is 5.69 Å². The van der Waals surface area contributed by atoms with Crippen LogP contribution in [0.25, 0.3) is 0 Å². The minimum absolute atomic E-state index is 0.134. The Kier molecular flexibility index (Phi) is 5.03. The van der Waals surface area contributed by atoms with E-state index >= 15 is 0 Å². The summed E-state index contributed by atoms with van der Waals surface area (Å²) >= 11 is 9.53. The molecule has 0 aliphatic heterocycles. The zero-order chi connectivity index (χ0) is 15.6. The van der Waals surface area contributed by atoms with Crippen LogP contribution in [-0.2, 0) is 16.4 Å². The highest BCUT2D eigenvalue weighted by Gasteiger charge is 2.19. The average molecular weight is 405 g/mol. The molecule has 0 atom stereocenters. The summed E-state index contributed by atoms with van der Waals surface area (Å²) in [6.45, 7) is 1.98. The molecule has 0 unspecified atom stereocenters. The van der Waals surface area contributed by atoms with Crippen molar-refractivity contribution >= 4 is 60.2 Å². The van der Waals surface area contributed by atoms with Gasteiger partial charge in [-0.2, -0.15) is 0 Å². The van der Waals surface area contributed by atoms with E-state index in [-0.39, 0.29) is 9.20 Å². The molecule has 1 heterocycles. The number of nitrogens with two attached hydrogens (primary N) is 1. The molecular formula is C13H13BrN2O2S3. The normalized spacial score (nSPS) is 11.3. The number of rotatable bonds is 5. The maximum atomic E-state index is 12.4. The topological polar surface area (TPSA) is 72.2 Å². The molecule has 2 rings (SSSR count). The molecule has 8 heteroatoms. The third-order valence-electron chi connectivity index (χ3n) is 2.74. The first kappa shape index (κ1) is 16.4. The van der Waals surface area contributed by atoms with Crippen LogP contribution in [-0.4, -0.2) is 13.4 Å². The van der Waals surface area contributed by atoms with Crippen LogP contribution in [0.3, 0.4) is 0 Å². The number of aryl methyl sites for hydroxylation is 1. The van der Waals surface area contributed by atoms with Crippen molar-refractivity contribution in [3.63, 3.8) is 0 Å². The number of anilines is 1. The standard InChI is InChI=1S/C13H13BrN2O2S3/c1-2-9-4-6-12(20-9)21(17,18)16-11-5-3-8(14)7-10(11)13(15)19/h3-7,16H,2H2,1H3,(H2,15,19). The molecule has 0 spiro atoms. The molecule has 0 fully saturated rings. The van der Waals surface area contributed by atoms with Gasteiger partial charge in [-0.3, -0.25) is 4.72 Å². The Hall–Kier alpha value is -0.960. The largest absolute Gasteiger partial charge is 0.389 e. The molecule has 3 N–H and O–H groups in total. The summed E-state index contributed by atoms with van der Waals surface area (Å²) in [6.07, 6.45) is 0.802. The molecule has 0 amide bonds. The predicted octanol–water partition coefficient (Wildman–Crippen LogP) is 3.51. The lowest BCUT2D eigenvalue weighted by molar-refractivity contribution is 0.603. The van der Waals surface area contributed by atoms with Crippen molar-refractivity contribution in [2.75, 3.05) is 4.72 Å². The molecule has 1 aromatic carbocycles. The molecular weight excluding hydrogens is 392 g/mol. The number of nitrogens with one attached hydrogen (secondary N) is 1. The predicted molar refractivity (Wildman–Crippen MR) is 94.5 cm³/mol. The van der Waals surface area contributed by atoms with Gasteiger partial charge in [-0.05, 0) is 36.8 Å². The van der Waals surface area contributed by atoms with Crippen molar-refractivity contribution in [1.82, 2.24) is 0 Å². The molecule has 0 saturated carbocycles. The lowest BCUT2D eigenvalue weighted by Gasteiger charge is -2.11. The second kappa shape index (κ2) is 6.43. The first-order chi connectivity index (χ1) is 9.83. The smallest absolute Gasteiger partial charge is 0.271 e. The Morgan fingerprint density at radius 3 is 2.67 bits per heavy atom. The van der Waals surface area contributed by atoms with Crippen LogP contribution >= 0.6 is 39.5 Å². The van der Waals surface area contributed by atoms with Crippen LogP contribution in [0, 0.1) is 0 Å². The van der Waals surface area contributed by atoms with Crippen molar-refractivity contribution in [2.24, 2.45) is 5.73 Å².